The fourth-order valence-corrected chi connectivity index (χ4v) is 3.44. The Bertz CT molecular complexity index is 864. The van der Waals surface area contributed by atoms with Crippen molar-refractivity contribution in [1.82, 2.24) is 4.90 Å². The molecule has 0 aliphatic heterocycles. The number of carbonyl (C=O) groups excluding carboxylic acids is 3. The van der Waals surface area contributed by atoms with E-state index >= 15 is 0 Å². The van der Waals surface area contributed by atoms with Crippen molar-refractivity contribution in [2.75, 3.05) is 26.5 Å². The van der Waals surface area contributed by atoms with Crippen molar-refractivity contribution in [3.63, 3.8) is 0 Å². The number of carbonyl (C=O) groups is 3. The monoisotopic (exact) mass is 415 g/mol. The van der Waals surface area contributed by atoms with Gasteiger partial charge in [0.25, 0.3) is 0 Å². The van der Waals surface area contributed by atoms with Crippen molar-refractivity contribution < 1.29 is 23.9 Å². The first-order valence-corrected chi connectivity index (χ1v) is 10.2. The van der Waals surface area contributed by atoms with Crippen molar-refractivity contribution in [3.05, 3.63) is 59.7 Å². The molecule has 6 nitrogen and oxygen atoms in total. The van der Waals surface area contributed by atoms with E-state index in [1.807, 2.05) is 6.92 Å². The van der Waals surface area contributed by atoms with Gasteiger partial charge in [0, 0.05) is 24.6 Å². The molecule has 0 bridgehead atoms. The summed E-state index contributed by atoms with van der Waals surface area (Å²) in [6.45, 7) is 3.97. The predicted octanol–water partition coefficient (Wildman–Crippen LogP) is 3.69. The summed E-state index contributed by atoms with van der Waals surface area (Å²) < 4.78 is 10.8. The van der Waals surface area contributed by atoms with Crippen molar-refractivity contribution in [3.8, 4) is 5.75 Å². The van der Waals surface area contributed by atoms with Crippen LogP contribution < -0.4 is 4.74 Å². The smallest absolute Gasteiger partial charge is 0.339 e. The molecule has 1 atom stereocenters. The Morgan fingerprint density at radius 3 is 2.31 bits per heavy atom. The first-order chi connectivity index (χ1) is 13.8. The Morgan fingerprint density at radius 2 is 1.69 bits per heavy atom. The molecule has 0 aliphatic carbocycles. The Kier molecular flexibility index (Phi) is 8.27. The Balaban J connectivity index is 2.05. The predicted molar refractivity (Wildman–Crippen MR) is 113 cm³/mol. The summed E-state index contributed by atoms with van der Waals surface area (Å²) in [6.07, 6.45) is -0.943. The van der Waals surface area contributed by atoms with Gasteiger partial charge in [-0.1, -0.05) is 12.1 Å². The fourth-order valence-electron chi connectivity index (χ4n) is 2.42. The summed E-state index contributed by atoms with van der Waals surface area (Å²) in [5.41, 5.74) is 0.767. The highest BCUT2D eigenvalue weighted by Crippen LogP contribution is 2.24. The molecular weight excluding hydrogens is 390 g/mol. The first kappa shape index (κ1) is 22.5. The second-order valence-corrected chi connectivity index (χ2v) is 7.46. The number of benzene rings is 2. The average molecular weight is 416 g/mol. The van der Waals surface area contributed by atoms with Crippen molar-refractivity contribution >= 4 is 29.4 Å². The Labute approximate surface area is 175 Å². The summed E-state index contributed by atoms with van der Waals surface area (Å²) in [4.78, 5) is 39.2. The number of thioether (sulfide) groups is 1. The van der Waals surface area contributed by atoms with Gasteiger partial charge >= 0.3 is 5.97 Å². The molecule has 0 saturated carbocycles. The van der Waals surface area contributed by atoms with Gasteiger partial charge < -0.3 is 14.4 Å². The van der Waals surface area contributed by atoms with Crippen LogP contribution in [0.4, 0.5) is 0 Å². The lowest BCUT2D eigenvalue weighted by molar-refractivity contribution is -0.125. The highest BCUT2D eigenvalue weighted by Gasteiger charge is 2.22. The second-order valence-electron chi connectivity index (χ2n) is 6.44. The van der Waals surface area contributed by atoms with Gasteiger partial charge in [0.05, 0.1) is 17.9 Å². The van der Waals surface area contributed by atoms with E-state index in [9.17, 15) is 14.4 Å². The van der Waals surface area contributed by atoms with Crippen LogP contribution in [-0.2, 0) is 9.53 Å². The molecule has 0 radical (unpaired) electrons. The van der Waals surface area contributed by atoms with E-state index in [2.05, 4.69) is 0 Å². The Hall–Kier alpha value is -2.80. The minimum absolute atomic E-state index is 0.0581. The van der Waals surface area contributed by atoms with Gasteiger partial charge in [-0.05, 0) is 50.2 Å². The third-order valence-corrected chi connectivity index (χ3v) is 5.12. The number of hydrogen-bond acceptors (Lipinski definition) is 6. The normalized spacial score (nSPS) is 11.4. The molecule has 2 aromatic carbocycles. The second kappa shape index (κ2) is 10.7. The minimum atomic E-state index is -0.943. The lowest BCUT2D eigenvalue weighted by Crippen LogP contribution is -2.25. The highest BCUT2D eigenvalue weighted by atomic mass is 32.2. The van der Waals surface area contributed by atoms with Crippen LogP contribution in [0.25, 0.3) is 0 Å². The number of hydrogen-bond donors (Lipinski definition) is 0. The molecule has 7 heteroatoms. The van der Waals surface area contributed by atoms with E-state index < -0.39 is 12.1 Å². The van der Waals surface area contributed by atoms with Crippen LogP contribution in [0.5, 0.6) is 5.75 Å². The maximum Gasteiger partial charge on any atom is 0.339 e. The fraction of sp³-hybridized carbons (Fsp3) is 0.318. The molecule has 2 aromatic rings. The van der Waals surface area contributed by atoms with Gasteiger partial charge in [-0.25, -0.2) is 4.79 Å². The standard InChI is InChI=1S/C22H25NO5S/c1-5-27-17-12-10-16(11-13-17)21(25)15(2)28-22(26)18-8-6-7-9-19(18)29-14-20(24)23(3)4/h6-13,15H,5,14H2,1-4H3/t15-/m0/s1. The largest absolute Gasteiger partial charge is 0.494 e. The molecule has 0 unspecified atom stereocenters. The lowest BCUT2D eigenvalue weighted by Gasteiger charge is -2.15. The molecule has 0 fully saturated rings. The number of rotatable bonds is 9. The first-order valence-electron chi connectivity index (χ1n) is 9.23. The van der Waals surface area contributed by atoms with Crippen LogP contribution in [0.1, 0.15) is 34.6 Å². The molecule has 0 aromatic heterocycles. The summed E-state index contributed by atoms with van der Waals surface area (Å²) in [7, 11) is 3.36. The summed E-state index contributed by atoms with van der Waals surface area (Å²) in [6, 6.07) is 13.6. The van der Waals surface area contributed by atoms with E-state index in [0.29, 0.717) is 28.4 Å². The van der Waals surface area contributed by atoms with Crippen LogP contribution >= 0.6 is 11.8 Å². The molecular formula is C22H25NO5S. The molecule has 0 N–H and O–H groups in total. The summed E-state index contributed by atoms with van der Waals surface area (Å²) in [5.74, 6) is -0.0755. The number of esters is 1. The van der Waals surface area contributed by atoms with E-state index in [4.69, 9.17) is 9.47 Å². The topological polar surface area (TPSA) is 72.9 Å². The zero-order valence-electron chi connectivity index (χ0n) is 17.0. The van der Waals surface area contributed by atoms with E-state index in [1.54, 1.807) is 69.6 Å². The molecule has 0 saturated heterocycles. The molecule has 0 aliphatic rings. The van der Waals surface area contributed by atoms with Gasteiger partial charge in [-0.3, -0.25) is 9.59 Å². The van der Waals surface area contributed by atoms with E-state index in [0.717, 1.165) is 0 Å². The number of ketones is 1. The van der Waals surface area contributed by atoms with Crippen molar-refractivity contribution in [2.45, 2.75) is 24.8 Å². The van der Waals surface area contributed by atoms with Crippen molar-refractivity contribution in [2.24, 2.45) is 0 Å². The van der Waals surface area contributed by atoms with E-state index in [1.165, 1.54) is 16.7 Å². The molecule has 1 amide bonds. The van der Waals surface area contributed by atoms with Gasteiger partial charge in [0.2, 0.25) is 11.7 Å². The molecule has 0 spiro atoms. The average Bonchev–Trinajstić information content (AvgIpc) is 2.72. The SMILES string of the molecule is CCOc1ccc(C(=O)[C@H](C)OC(=O)c2ccccc2SCC(=O)N(C)C)cc1. The van der Waals surface area contributed by atoms with Crippen LogP contribution in [-0.4, -0.2) is 55.1 Å². The molecule has 154 valence electrons. The zero-order chi connectivity index (χ0) is 21.4. The summed E-state index contributed by atoms with van der Waals surface area (Å²) >= 11 is 1.26. The van der Waals surface area contributed by atoms with Crippen molar-refractivity contribution in [1.29, 1.82) is 0 Å². The molecule has 0 heterocycles. The maximum atomic E-state index is 12.6. The number of amides is 1. The summed E-state index contributed by atoms with van der Waals surface area (Å²) in [5, 5.41) is 0. The van der Waals surface area contributed by atoms with Crippen LogP contribution in [0.2, 0.25) is 0 Å². The quantitative estimate of drug-likeness (QED) is 0.353. The lowest BCUT2D eigenvalue weighted by atomic mass is 10.1. The minimum Gasteiger partial charge on any atom is -0.494 e. The third-order valence-electron chi connectivity index (χ3n) is 4.06. The highest BCUT2D eigenvalue weighted by molar-refractivity contribution is 8.00. The van der Waals surface area contributed by atoms with Crippen LogP contribution in [0.3, 0.4) is 0 Å². The van der Waals surface area contributed by atoms with Gasteiger partial charge in [-0.15, -0.1) is 11.8 Å². The van der Waals surface area contributed by atoms with Crippen LogP contribution in [0, 0.1) is 0 Å². The Morgan fingerprint density at radius 1 is 1.03 bits per heavy atom. The van der Waals surface area contributed by atoms with E-state index in [-0.39, 0.29) is 17.4 Å². The number of nitrogens with zero attached hydrogens (tertiary/aromatic N) is 1. The van der Waals surface area contributed by atoms with Gasteiger partial charge in [0.1, 0.15) is 5.75 Å². The number of Topliss-reactive ketones (excluding diaryl/α,β-unsaturated/α-hetero) is 1. The van der Waals surface area contributed by atoms with Crippen LogP contribution in [0.15, 0.2) is 53.4 Å². The zero-order valence-corrected chi connectivity index (χ0v) is 17.8. The number of ether oxygens (including phenoxy) is 2. The third kappa shape index (κ3) is 6.35. The molecule has 2 rings (SSSR count). The van der Waals surface area contributed by atoms with Gasteiger partial charge in [-0.2, -0.15) is 0 Å². The maximum absolute atomic E-state index is 12.6. The van der Waals surface area contributed by atoms with Gasteiger partial charge in [0.15, 0.2) is 6.10 Å². The molecule has 29 heavy (non-hydrogen) atoms.